The van der Waals surface area contributed by atoms with E-state index < -0.39 is 5.97 Å². The predicted molar refractivity (Wildman–Crippen MR) is 83.8 cm³/mol. The largest absolute Gasteiger partial charge is 0.477 e. The summed E-state index contributed by atoms with van der Waals surface area (Å²) < 4.78 is 0. The van der Waals surface area contributed by atoms with Gasteiger partial charge < -0.3 is 10.4 Å². The molecule has 0 saturated heterocycles. The van der Waals surface area contributed by atoms with Crippen LogP contribution in [0.5, 0.6) is 0 Å². The van der Waals surface area contributed by atoms with Crippen molar-refractivity contribution in [2.75, 3.05) is 11.9 Å². The molecule has 1 saturated carbocycles. The molecule has 2 N–H and O–H groups in total. The Hall–Kier alpha value is -2.10. The first-order valence-electron chi connectivity index (χ1n) is 7.61. The molecule has 0 atom stereocenters. The van der Waals surface area contributed by atoms with E-state index in [1.807, 2.05) is 24.3 Å². The van der Waals surface area contributed by atoms with Gasteiger partial charge in [-0.3, -0.25) is 0 Å². The van der Waals surface area contributed by atoms with Crippen LogP contribution in [0, 0.1) is 5.92 Å². The number of pyridine rings is 1. The Morgan fingerprint density at radius 3 is 2.76 bits per heavy atom. The zero-order valence-electron chi connectivity index (χ0n) is 12.0. The van der Waals surface area contributed by atoms with Crippen LogP contribution >= 0.6 is 0 Å². The van der Waals surface area contributed by atoms with E-state index in [4.69, 9.17) is 0 Å². The molecule has 21 heavy (non-hydrogen) atoms. The lowest BCUT2D eigenvalue weighted by Crippen LogP contribution is -2.17. The molecule has 2 aromatic rings. The summed E-state index contributed by atoms with van der Waals surface area (Å²) in [7, 11) is 0. The third kappa shape index (κ3) is 3.15. The van der Waals surface area contributed by atoms with Crippen LogP contribution in [0.2, 0.25) is 0 Å². The minimum absolute atomic E-state index is 0.0971. The highest BCUT2D eigenvalue weighted by Crippen LogP contribution is 2.27. The second-order valence-corrected chi connectivity index (χ2v) is 5.76. The second-order valence-electron chi connectivity index (χ2n) is 5.76. The first kappa shape index (κ1) is 13.9. The van der Waals surface area contributed by atoms with Crippen molar-refractivity contribution in [3.63, 3.8) is 0 Å². The highest BCUT2D eigenvalue weighted by Gasteiger charge is 2.15. The number of nitrogens with zero attached hydrogens (tertiary/aromatic N) is 1. The van der Waals surface area contributed by atoms with E-state index in [0.29, 0.717) is 5.92 Å². The Balaban J connectivity index is 1.86. The number of hydrogen-bond donors (Lipinski definition) is 2. The standard InChI is InChI=1S/C17H20N2O2/c20-17(21)16-10-15(13-8-4-5-9-14(13)19-16)18-11-12-6-2-1-3-7-12/h4-5,8-10,12H,1-3,6-7,11H2,(H,18,19)(H,20,21). The van der Waals surface area contributed by atoms with Crippen molar-refractivity contribution >= 4 is 22.6 Å². The number of hydrogen-bond acceptors (Lipinski definition) is 3. The number of aromatic nitrogens is 1. The van der Waals surface area contributed by atoms with Crippen LogP contribution in [0.1, 0.15) is 42.6 Å². The molecule has 0 unspecified atom stereocenters. The van der Waals surface area contributed by atoms with Gasteiger partial charge in [0.1, 0.15) is 0 Å². The van der Waals surface area contributed by atoms with Gasteiger partial charge in [0.2, 0.25) is 0 Å². The molecule has 0 bridgehead atoms. The summed E-state index contributed by atoms with van der Waals surface area (Å²) in [6.07, 6.45) is 6.50. The number of nitrogens with one attached hydrogen (secondary N) is 1. The summed E-state index contributed by atoms with van der Waals surface area (Å²) >= 11 is 0. The van der Waals surface area contributed by atoms with E-state index in [2.05, 4.69) is 10.3 Å². The smallest absolute Gasteiger partial charge is 0.354 e. The topological polar surface area (TPSA) is 62.2 Å². The highest BCUT2D eigenvalue weighted by atomic mass is 16.4. The van der Waals surface area contributed by atoms with Crippen LogP contribution in [-0.2, 0) is 0 Å². The summed E-state index contributed by atoms with van der Waals surface area (Å²) in [5, 5.41) is 13.6. The number of anilines is 1. The van der Waals surface area contributed by atoms with Gasteiger partial charge in [-0.15, -0.1) is 0 Å². The molecular formula is C17H20N2O2. The SMILES string of the molecule is O=C(O)c1cc(NCC2CCCCC2)c2ccccc2n1. The van der Waals surface area contributed by atoms with E-state index >= 15 is 0 Å². The monoisotopic (exact) mass is 284 g/mol. The number of carboxylic acid groups (broad SMARTS) is 1. The molecule has 0 radical (unpaired) electrons. The lowest BCUT2D eigenvalue weighted by atomic mass is 9.89. The van der Waals surface area contributed by atoms with Crippen molar-refractivity contribution in [3.8, 4) is 0 Å². The van der Waals surface area contributed by atoms with Crippen molar-refractivity contribution < 1.29 is 9.90 Å². The van der Waals surface area contributed by atoms with Crippen LogP contribution in [0.3, 0.4) is 0 Å². The lowest BCUT2D eigenvalue weighted by Gasteiger charge is -2.22. The molecule has 1 aromatic heterocycles. The highest BCUT2D eigenvalue weighted by molar-refractivity contribution is 5.97. The van der Waals surface area contributed by atoms with Crippen molar-refractivity contribution in [1.82, 2.24) is 4.98 Å². The minimum atomic E-state index is -0.985. The van der Waals surface area contributed by atoms with Gasteiger partial charge in [-0.2, -0.15) is 0 Å². The molecule has 0 amide bonds. The quantitative estimate of drug-likeness (QED) is 0.893. The number of fused-ring (bicyclic) bond motifs is 1. The molecule has 1 heterocycles. The van der Waals surface area contributed by atoms with Crippen molar-refractivity contribution in [1.29, 1.82) is 0 Å². The van der Waals surface area contributed by atoms with E-state index in [-0.39, 0.29) is 5.69 Å². The Morgan fingerprint density at radius 1 is 1.24 bits per heavy atom. The van der Waals surface area contributed by atoms with Gasteiger partial charge in [0.05, 0.1) is 5.52 Å². The van der Waals surface area contributed by atoms with Gasteiger partial charge in [-0.1, -0.05) is 37.5 Å². The third-order valence-corrected chi connectivity index (χ3v) is 4.24. The normalized spacial score (nSPS) is 16.0. The first-order valence-corrected chi connectivity index (χ1v) is 7.61. The summed E-state index contributed by atoms with van der Waals surface area (Å²) in [6, 6.07) is 9.32. The van der Waals surface area contributed by atoms with E-state index in [9.17, 15) is 9.90 Å². The average molecular weight is 284 g/mol. The summed E-state index contributed by atoms with van der Waals surface area (Å²) in [6.45, 7) is 0.910. The minimum Gasteiger partial charge on any atom is -0.477 e. The Labute approximate surface area is 124 Å². The number of carbonyl (C=O) groups is 1. The van der Waals surface area contributed by atoms with Gasteiger partial charge >= 0.3 is 5.97 Å². The maximum Gasteiger partial charge on any atom is 0.354 e. The van der Waals surface area contributed by atoms with Gasteiger partial charge in [0.25, 0.3) is 0 Å². The van der Waals surface area contributed by atoms with Crippen molar-refractivity contribution in [2.45, 2.75) is 32.1 Å². The molecule has 1 aromatic carbocycles. The molecule has 4 heteroatoms. The molecular weight excluding hydrogens is 264 g/mol. The molecule has 110 valence electrons. The molecule has 3 rings (SSSR count). The Kier molecular flexibility index (Phi) is 4.04. The van der Waals surface area contributed by atoms with Crippen LogP contribution in [0.4, 0.5) is 5.69 Å². The fourth-order valence-corrected chi connectivity index (χ4v) is 3.08. The molecule has 1 aliphatic rings. The van der Waals surface area contributed by atoms with E-state index in [1.54, 1.807) is 6.07 Å². The third-order valence-electron chi connectivity index (χ3n) is 4.24. The number of aromatic carboxylic acids is 1. The summed E-state index contributed by atoms with van der Waals surface area (Å²) in [4.78, 5) is 15.4. The summed E-state index contributed by atoms with van der Waals surface area (Å²) in [5.74, 6) is -0.291. The van der Waals surface area contributed by atoms with Crippen molar-refractivity contribution in [2.24, 2.45) is 5.92 Å². The van der Waals surface area contributed by atoms with Gasteiger partial charge in [-0.25, -0.2) is 9.78 Å². The first-order chi connectivity index (χ1) is 10.2. The molecule has 0 spiro atoms. The molecule has 4 nitrogen and oxygen atoms in total. The Morgan fingerprint density at radius 2 is 2.00 bits per heavy atom. The predicted octanol–water partition coefficient (Wildman–Crippen LogP) is 3.93. The fourth-order valence-electron chi connectivity index (χ4n) is 3.08. The van der Waals surface area contributed by atoms with Crippen LogP contribution in [0.15, 0.2) is 30.3 Å². The lowest BCUT2D eigenvalue weighted by molar-refractivity contribution is 0.0691. The van der Waals surface area contributed by atoms with E-state index in [0.717, 1.165) is 23.1 Å². The number of carboxylic acids is 1. The van der Waals surface area contributed by atoms with Gasteiger partial charge in [0.15, 0.2) is 5.69 Å². The number of para-hydroxylation sites is 1. The fraction of sp³-hybridized carbons (Fsp3) is 0.412. The zero-order valence-corrected chi connectivity index (χ0v) is 12.0. The molecule has 0 aliphatic heterocycles. The second kappa shape index (κ2) is 6.12. The van der Waals surface area contributed by atoms with Crippen LogP contribution < -0.4 is 5.32 Å². The number of rotatable bonds is 4. The molecule has 1 aliphatic carbocycles. The Bertz CT molecular complexity index is 648. The zero-order chi connectivity index (χ0) is 14.7. The van der Waals surface area contributed by atoms with Gasteiger partial charge in [-0.05, 0) is 30.9 Å². The summed E-state index contributed by atoms with van der Waals surface area (Å²) in [5.41, 5.74) is 1.70. The van der Waals surface area contributed by atoms with Crippen LogP contribution in [0.25, 0.3) is 10.9 Å². The van der Waals surface area contributed by atoms with E-state index in [1.165, 1.54) is 32.1 Å². The van der Waals surface area contributed by atoms with Crippen LogP contribution in [-0.4, -0.2) is 22.6 Å². The average Bonchev–Trinajstić information content (AvgIpc) is 2.53. The maximum atomic E-state index is 11.2. The maximum absolute atomic E-state index is 11.2. The van der Waals surface area contributed by atoms with Crippen molar-refractivity contribution in [3.05, 3.63) is 36.0 Å². The number of benzene rings is 1. The molecule has 1 fully saturated rings. The van der Waals surface area contributed by atoms with Gasteiger partial charge in [0, 0.05) is 17.6 Å².